The molecule has 0 atom stereocenters. The summed E-state index contributed by atoms with van der Waals surface area (Å²) in [6.45, 7) is 7.17. The largest absolute Gasteiger partial charge is 0.383 e. The fourth-order valence-corrected chi connectivity index (χ4v) is 1.62. The summed E-state index contributed by atoms with van der Waals surface area (Å²) in [6.07, 6.45) is 3.30. The lowest BCUT2D eigenvalue weighted by Crippen LogP contribution is -2.16. The Morgan fingerprint density at radius 3 is 2.86 bits per heavy atom. The summed E-state index contributed by atoms with van der Waals surface area (Å²) in [4.78, 5) is 16.3. The number of aromatic nitrogens is 5. The van der Waals surface area contributed by atoms with Crippen LogP contribution in [0.2, 0.25) is 0 Å². The summed E-state index contributed by atoms with van der Waals surface area (Å²) >= 11 is 0. The normalized spacial score (nSPS) is 11.6. The van der Waals surface area contributed by atoms with Crippen molar-refractivity contribution in [3.8, 4) is 0 Å². The number of nitrogens with zero attached hydrogens (tertiary/aromatic N) is 4. The zero-order valence-corrected chi connectivity index (χ0v) is 12.7. The van der Waals surface area contributed by atoms with Gasteiger partial charge in [0.15, 0.2) is 0 Å². The van der Waals surface area contributed by atoms with E-state index < -0.39 is 0 Å². The molecule has 0 saturated heterocycles. The Bertz CT molecular complexity index is 610. The van der Waals surface area contributed by atoms with Gasteiger partial charge in [0.25, 0.3) is 5.91 Å². The zero-order valence-electron chi connectivity index (χ0n) is 12.7. The molecule has 0 fully saturated rings. The second kappa shape index (κ2) is 6.04. The molecule has 0 unspecified atom stereocenters. The van der Waals surface area contributed by atoms with Crippen LogP contribution >= 0.6 is 0 Å². The second-order valence-electron chi connectivity index (χ2n) is 5.70. The molecule has 0 radical (unpaired) electrons. The Hall–Kier alpha value is -2.22. The van der Waals surface area contributed by atoms with Gasteiger partial charge in [-0.1, -0.05) is 20.8 Å². The number of anilines is 1. The molecule has 2 aromatic heterocycles. The van der Waals surface area contributed by atoms with Crippen LogP contribution in [0.4, 0.5) is 5.69 Å². The van der Waals surface area contributed by atoms with Crippen molar-refractivity contribution in [2.24, 2.45) is 0 Å². The van der Waals surface area contributed by atoms with Crippen LogP contribution in [-0.4, -0.2) is 44.6 Å². The van der Waals surface area contributed by atoms with E-state index in [2.05, 4.69) is 25.6 Å². The standard InChI is InChI=1S/C13H20N6O2/c1-13(2,3)12-16-10(17-18-12)11(20)15-9-7-14-19(8-9)5-6-21-4/h7-8H,5-6H2,1-4H3,(H,15,20)(H,16,17,18). The van der Waals surface area contributed by atoms with Gasteiger partial charge >= 0.3 is 0 Å². The Morgan fingerprint density at radius 2 is 2.24 bits per heavy atom. The molecule has 1 amide bonds. The van der Waals surface area contributed by atoms with Crippen LogP contribution in [0.5, 0.6) is 0 Å². The van der Waals surface area contributed by atoms with Crippen molar-refractivity contribution < 1.29 is 9.53 Å². The monoisotopic (exact) mass is 292 g/mol. The summed E-state index contributed by atoms with van der Waals surface area (Å²) in [5.41, 5.74) is 0.412. The summed E-state index contributed by atoms with van der Waals surface area (Å²) in [6, 6.07) is 0. The first-order valence-electron chi connectivity index (χ1n) is 6.66. The van der Waals surface area contributed by atoms with Crippen LogP contribution in [0.1, 0.15) is 37.2 Å². The van der Waals surface area contributed by atoms with Crippen LogP contribution < -0.4 is 5.32 Å². The lowest BCUT2D eigenvalue weighted by atomic mass is 9.96. The van der Waals surface area contributed by atoms with Gasteiger partial charge in [-0.05, 0) is 0 Å². The number of rotatable bonds is 5. The molecule has 2 heterocycles. The average Bonchev–Trinajstić information content (AvgIpc) is 3.04. The second-order valence-corrected chi connectivity index (χ2v) is 5.70. The molecule has 0 saturated carbocycles. The fourth-order valence-electron chi connectivity index (χ4n) is 1.62. The van der Waals surface area contributed by atoms with Gasteiger partial charge in [0, 0.05) is 18.7 Å². The average molecular weight is 292 g/mol. The van der Waals surface area contributed by atoms with E-state index in [0.717, 1.165) is 0 Å². The van der Waals surface area contributed by atoms with E-state index in [1.54, 1.807) is 24.2 Å². The molecule has 2 N–H and O–H groups in total. The van der Waals surface area contributed by atoms with Gasteiger partial charge in [-0.3, -0.25) is 14.6 Å². The first kappa shape index (κ1) is 15.2. The molecule has 0 aliphatic carbocycles. The third-order valence-electron chi connectivity index (χ3n) is 2.81. The van der Waals surface area contributed by atoms with Crippen LogP contribution in [0.3, 0.4) is 0 Å². The highest BCUT2D eigenvalue weighted by atomic mass is 16.5. The first-order valence-corrected chi connectivity index (χ1v) is 6.66. The van der Waals surface area contributed by atoms with Gasteiger partial charge in [-0.15, -0.1) is 5.10 Å². The van der Waals surface area contributed by atoms with Crippen molar-refractivity contribution >= 4 is 11.6 Å². The Labute approximate surface area is 122 Å². The lowest BCUT2D eigenvalue weighted by Gasteiger charge is -2.12. The maximum absolute atomic E-state index is 12.1. The molecule has 8 nitrogen and oxygen atoms in total. The van der Waals surface area contributed by atoms with E-state index in [1.165, 1.54) is 0 Å². The first-order chi connectivity index (χ1) is 9.90. The molecule has 0 aromatic carbocycles. The molecule has 21 heavy (non-hydrogen) atoms. The predicted molar refractivity (Wildman–Crippen MR) is 77.1 cm³/mol. The highest BCUT2D eigenvalue weighted by molar-refractivity contribution is 6.01. The third-order valence-corrected chi connectivity index (χ3v) is 2.81. The molecular formula is C13H20N6O2. The molecular weight excluding hydrogens is 272 g/mol. The topological polar surface area (TPSA) is 97.7 Å². The highest BCUT2D eigenvalue weighted by Gasteiger charge is 2.21. The van der Waals surface area contributed by atoms with Crippen LogP contribution in [-0.2, 0) is 16.7 Å². The van der Waals surface area contributed by atoms with Gasteiger partial charge in [-0.2, -0.15) is 5.10 Å². The number of carbonyl (C=O) groups excluding carboxylic acids is 1. The van der Waals surface area contributed by atoms with Gasteiger partial charge in [0.05, 0.1) is 25.0 Å². The van der Waals surface area contributed by atoms with E-state index >= 15 is 0 Å². The minimum Gasteiger partial charge on any atom is -0.383 e. The molecule has 2 aromatic rings. The Morgan fingerprint density at radius 1 is 1.48 bits per heavy atom. The lowest BCUT2D eigenvalue weighted by molar-refractivity contribution is 0.101. The number of aromatic amines is 1. The summed E-state index contributed by atoms with van der Waals surface area (Å²) in [7, 11) is 1.63. The van der Waals surface area contributed by atoms with Gasteiger partial charge < -0.3 is 10.1 Å². The molecule has 114 valence electrons. The number of nitrogens with one attached hydrogen (secondary N) is 2. The summed E-state index contributed by atoms with van der Waals surface area (Å²) in [5.74, 6) is 0.418. The maximum atomic E-state index is 12.1. The van der Waals surface area contributed by atoms with E-state index in [0.29, 0.717) is 24.7 Å². The van der Waals surface area contributed by atoms with Crippen molar-refractivity contribution in [3.05, 3.63) is 24.0 Å². The number of hydrogen-bond donors (Lipinski definition) is 2. The van der Waals surface area contributed by atoms with E-state index in [1.807, 2.05) is 20.8 Å². The number of hydrogen-bond acceptors (Lipinski definition) is 5. The fraction of sp³-hybridized carbons (Fsp3) is 0.538. The number of H-pyrrole nitrogens is 1. The SMILES string of the molecule is COCCn1cc(NC(=O)c2n[nH]c(C(C)(C)C)n2)cn1. The highest BCUT2D eigenvalue weighted by Crippen LogP contribution is 2.17. The minimum absolute atomic E-state index is 0.115. The molecule has 0 aliphatic rings. The van der Waals surface area contributed by atoms with Gasteiger partial charge in [0.2, 0.25) is 5.82 Å². The quantitative estimate of drug-likeness (QED) is 0.863. The maximum Gasteiger partial charge on any atom is 0.295 e. The molecule has 8 heteroatoms. The minimum atomic E-state index is -0.368. The van der Waals surface area contributed by atoms with Crippen molar-refractivity contribution in [1.29, 1.82) is 0 Å². The van der Waals surface area contributed by atoms with Gasteiger partial charge in [-0.25, -0.2) is 4.98 Å². The van der Waals surface area contributed by atoms with Crippen molar-refractivity contribution in [2.75, 3.05) is 19.0 Å². The van der Waals surface area contributed by atoms with Gasteiger partial charge in [0.1, 0.15) is 5.82 Å². The number of ether oxygens (including phenoxy) is 1. The van der Waals surface area contributed by atoms with Crippen LogP contribution in [0.15, 0.2) is 12.4 Å². The van der Waals surface area contributed by atoms with Crippen molar-refractivity contribution in [2.45, 2.75) is 32.7 Å². The van der Waals surface area contributed by atoms with Crippen LogP contribution in [0.25, 0.3) is 0 Å². The van der Waals surface area contributed by atoms with E-state index in [9.17, 15) is 4.79 Å². The summed E-state index contributed by atoms with van der Waals surface area (Å²) in [5, 5.41) is 13.6. The third kappa shape index (κ3) is 3.88. The summed E-state index contributed by atoms with van der Waals surface area (Å²) < 4.78 is 6.66. The number of carbonyl (C=O) groups is 1. The number of amides is 1. The van der Waals surface area contributed by atoms with Crippen molar-refractivity contribution in [3.63, 3.8) is 0 Å². The molecule has 0 bridgehead atoms. The number of methoxy groups -OCH3 is 1. The predicted octanol–water partition coefficient (Wildman–Crippen LogP) is 1.20. The molecule has 2 rings (SSSR count). The molecule has 0 aliphatic heterocycles. The Kier molecular flexibility index (Phi) is 4.37. The van der Waals surface area contributed by atoms with E-state index in [4.69, 9.17) is 4.74 Å². The smallest absolute Gasteiger partial charge is 0.295 e. The zero-order chi connectivity index (χ0) is 15.5. The van der Waals surface area contributed by atoms with Crippen molar-refractivity contribution in [1.82, 2.24) is 25.0 Å². The molecule has 0 spiro atoms. The van der Waals surface area contributed by atoms with E-state index in [-0.39, 0.29) is 17.1 Å². The van der Waals surface area contributed by atoms with Crippen LogP contribution in [0, 0.1) is 0 Å². The Balaban J connectivity index is 2.01.